The van der Waals surface area contributed by atoms with Crippen molar-refractivity contribution in [1.29, 1.82) is 0 Å². The number of amides is 1. The number of nitrogens with one attached hydrogen (secondary N) is 1. The predicted molar refractivity (Wildman–Crippen MR) is 84.4 cm³/mol. The molecule has 2 unspecified atom stereocenters. The van der Waals surface area contributed by atoms with Gasteiger partial charge in [0.2, 0.25) is 5.91 Å². The maximum atomic E-state index is 12.2. The lowest BCUT2D eigenvalue weighted by Gasteiger charge is -2.15. The van der Waals surface area contributed by atoms with Gasteiger partial charge < -0.3 is 10.4 Å². The molecule has 21 heavy (non-hydrogen) atoms. The van der Waals surface area contributed by atoms with Crippen molar-refractivity contribution < 1.29 is 14.7 Å². The van der Waals surface area contributed by atoms with Crippen molar-refractivity contribution in [3.63, 3.8) is 0 Å². The Morgan fingerprint density at radius 1 is 1.19 bits per heavy atom. The average Bonchev–Trinajstić information content (AvgIpc) is 2.48. The van der Waals surface area contributed by atoms with Crippen molar-refractivity contribution >= 4 is 17.6 Å². The van der Waals surface area contributed by atoms with Crippen LogP contribution in [0.2, 0.25) is 0 Å². The molecule has 1 rings (SSSR count). The van der Waals surface area contributed by atoms with Crippen LogP contribution in [-0.4, -0.2) is 17.0 Å². The Hall–Kier alpha value is -1.84. The molecule has 0 aliphatic rings. The number of hydrogen-bond acceptors (Lipinski definition) is 2. The van der Waals surface area contributed by atoms with Crippen LogP contribution in [0.5, 0.6) is 0 Å². The van der Waals surface area contributed by atoms with Gasteiger partial charge in [0.25, 0.3) is 0 Å². The number of unbranched alkanes of at least 4 members (excludes halogenated alkanes) is 1. The van der Waals surface area contributed by atoms with E-state index < -0.39 is 11.9 Å². The molecule has 0 radical (unpaired) electrons. The van der Waals surface area contributed by atoms with E-state index in [-0.39, 0.29) is 11.8 Å². The number of benzene rings is 1. The minimum atomic E-state index is -0.850. The van der Waals surface area contributed by atoms with Gasteiger partial charge in [-0.1, -0.05) is 38.8 Å². The number of carboxylic acid groups (broad SMARTS) is 1. The van der Waals surface area contributed by atoms with Crippen molar-refractivity contribution in [2.45, 2.75) is 52.4 Å². The number of rotatable bonds is 8. The molecule has 2 N–H and O–H groups in total. The van der Waals surface area contributed by atoms with Crippen molar-refractivity contribution in [2.75, 3.05) is 5.32 Å². The SMILES string of the molecule is CCCCC(CC)C(=O)Nc1ccc(C(C)C(=O)O)cc1. The topological polar surface area (TPSA) is 66.4 Å². The van der Waals surface area contributed by atoms with Gasteiger partial charge >= 0.3 is 5.97 Å². The summed E-state index contributed by atoms with van der Waals surface area (Å²) in [5, 5.41) is 11.9. The van der Waals surface area contributed by atoms with Crippen molar-refractivity contribution in [2.24, 2.45) is 5.92 Å². The quantitative estimate of drug-likeness (QED) is 0.760. The Labute approximate surface area is 126 Å². The van der Waals surface area contributed by atoms with Crippen LogP contribution in [0.3, 0.4) is 0 Å². The van der Waals surface area contributed by atoms with Gasteiger partial charge in [-0.3, -0.25) is 9.59 Å². The van der Waals surface area contributed by atoms with Crippen molar-refractivity contribution in [1.82, 2.24) is 0 Å². The third kappa shape index (κ3) is 5.21. The van der Waals surface area contributed by atoms with Gasteiger partial charge in [0.1, 0.15) is 0 Å². The second-order valence-corrected chi connectivity index (χ2v) is 5.42. The minimum absolute atomic E-state index is 0.0440. The third-order valence-corrected chi connectivity index (χ3v) is 3.82. The largest absolute Gasteiger partial charge is 0.481 e. The lowest BCUT2D eigenvalue weighted by molar-refractivity contribution is -0.138. The van der Waals surface area contributed by atoms with Crippen LogP contribution >= 0.6 is 0 Å². The summed E-state index contributed by atoms with van der Waals surface area (Å²) in [7, 11) is 0. The highest BCUT2D eigenvalue weighted by Crippen LogP contribution is 2.20. The number of carbonyl (C=O) groups excluding carboxylic acids is 1. The average molecular weight is 291 g/mol. The fraction of sp³-hybridized carbons (Fsp3) is 0.529. The van der Waals surface area contributed by atoms with E-state index in [9.17, 15) is 9.59 Å². The van der Waals surface area contributed by atoms with E-state index in [4.69, 9.17) is 5.11 Å². The number of carboxylic acids is 1. The molecule has 1 aromatic rings. The smallest absolute Gasteiger partial charge is 0.310 e. The third-order valence-electron chi connectivity index (χ3n) is 3.82. The van der Waals surface area contributed by atoms with E-state index in [0.717, 1.165) is 36.9 Å². The fourth-order valence-corrected chi connectivity index (χ4v) is 2.21. The first-order valence-electron chi connectivity index (χ1n) is 7.63. The molecule has 4 nitrogen and oxygen atoms in total. The van der Waals surface area contributed by atoms with Gasteiger partial charge in [0.15, 0.2) is 0 Å². The van der Waals surface area contributed by atoms with Crippen LogP contribution in [0.15, 0.2) is 24.3 Å². The Bertz CT molecular complexity index is 467. The van der Waals surface area contributed by atoms with E-state index >= 15 is 0 Å². The molecule has 0 heterocycles. The molecule has 0 aromatic heterocycles. The molecule has 4 heteroatoms. The molecule has 0 aliphatic heterocycles. The Kier molecular flexibility index (Phi) is 6.92. The summed E-state index contributed by atoms with van der Waals surface area (Å²) in [6, 6.07) is 7.03. The molecule has 1 amide bonds. The second kappa shape index (κ2) is 8.45. The van der Waals surface area contributed by atoms with Crippen LogP contribution in [0.25, 0.3) is 0 Å². The van der Waals surface area contributed by atoms with Gasteiger partial charge in [-0.05, 0) is 37.5 Å². The number of hydrogen-bond donors (Lipinski definition) is 2. The summed E-state index contributed by atoms with van der Waals surface area (Å²) in [5.74, 6) is -1.30. The standard InChI is InChI=1S/C17H25NO3/c1-4-6-7-13(5-2)16(19)18-15-10-8-14(9-11-15)12(3)17(20)21/h8-13H,4-7H2,1-3H3,(H,18,19)(H,20,21). The van der Waals surface area contributed by atoms with E-state index in [1.54, 1.807) is 31.2 Å². The normalized spacial score (nSPS) is 13.5. The zero-order chi connectivity index (χ0) is 15.8. The Balaban J connectivity index is 2.66. The Morgan fingerprint density at radius 2 is 1.81 bits per heavy atom. The molecule has 0 spiro atoms. The highest BCUT2D eigenvalue weighted by molar-refractivity contribution is 5.92. The van der Waals surface area contributed by atoms with Gasteiger partial charge in [-0.2, -0.15) is 0 Å². The van der Waals surface area contributed by atoms with Crippen molar-refractivity contribution in [3.05, 3.63) is 29.8 Å². The number of carbonyl (C=O) groups is 2. The first-order chi connectivity index (χ1) is 9.99. The molecule has 0 bridgehead atoms. The number of aliphatic carboxylic acids is 1. The van der Waals surface area contributed by atoms with Crippen LogP contribution in [0.4, 0.5) is 5.69 Å². The van der Waals surface area contributed by atoms with E-state index in [0.29, 0.717) is 0 Å². The first kappa shape index (κ1) is 17.2. The highest BCUT2D eigenvalue weighted by atomic mass is 16.4. The van der Waals surface area contributed by atoms with E-state index in [2.05, 4.69) is 12.2 Å². The molecule has 116 valence electrons. The van der Waals surface area contributed by atoms with Gasteiger partial charge in [0.05, 0.1) is 5.92 Å². The summed E-state index contributed by atoms with van der Waals surface area (Å²) in [5.41, 5.74) is 1.45. The monoisotopic (exact) mass is 291 g/mol. The molecule has 2 atom stereocenters. The zero-order valence-corrected chi connectivity index (χ0v) is 13.1. The second-order valence-electron chi connectivity index (χ2n) is 5.42. The summed E-state index contributed by atoms with van der Waals surface area (Å²) in [6.07, 6.45) is 3.89. The van der Waals surface area contributed by atoms with Crippen LogP contribution in [-0.2, 0) is 9.59 Å². The van der Waals surface area contributed by atoms with Gasteiger partial charge in [-0.25, -0.2) is 0 Å². The van der Waals surface area contributed by atoms with Crippen molar-refractivity contribution in [3.8, 4) is 0 Å². The lowest BCUT2D eigenvalue weighted by atomic mass is 9.98. The molecule has 0 aliphatic carbocycles. The summed E-state index contributed by atoms with van der Waals surface area (Å²) >= 11 is 0. The van der Waals surface area contributed by atoms with Crippen LogP contribution in [0.1, 0.15) is 57.9 Å². The lowest BCUT2D eigenvalue weighted by Crippen LogP contribution is -2.22. The molecular weight excluding hydrogens is 266 g/mol. The van der Waals surface area contributed by atoms with E-state index in [1.165, 1.54) is 0 Å². The van der Waals surface area contributed by atoms with E-state index in [1.807, 2.05) is 6.92 Å². The minimum Gasteiger partial charge on any atom is -0.481 e. The fourth-order valence-electron chi connectivity index (χ4n) is 2.21. The number of anilines is 1. The zero-order valence-electron chi connectivity index (χ0n) is 13.1. The molecule has 1 aromatic carbocycles. The predicted octanol–water partition coefficient (Wildman–Crippen LogP) is 4.03. The summed E-state index contributed by atoms with van der Waals surface area (Å²) in [6.45, 7) is 5.79. The highest BCUT2D eigenvalue weighted by Gasteiger charge is 2.17. The summed E-state index contributed by atoms with van der Waals surface area (Å²) < 4.78 is 0. The molecular formula is C17H25NO3. The first-order valence-corrected chi connectivity index (χ1v) is 7.63. The molecule has 0 saturated carbocycles. The van der Waals surface area contributed by atoms with Gasteiger partial charge in [0, 0.05) is 11.6 Å². The van der Waals surface area contributed by atoms with Gasteiger partial charge in [-0.15, -0.1) is 0 Å². The molecule has 0 saturated heterocycles. The molecule has 0 fully saturated rings. The maximum absolute atomic E-state index is 12.2. The van der Waals surface area contributed by atoms with Crippen LogP contribution in [0, 0.1) is 5.92 Å². The van der Waals surface area contributed by atoms with Crippen LogP contribution < -0.4 is 5.32 Å². The summed E-state index contributed by atoms with van der Waals surface area (Å²) in [4.78, 5) is 23.1. The Morgan fingerprint density at radius 3 is 2.29 bits per heavy atom. The maximum Gasteiger partial charge on any atom is 0.310 e.